The molecule has 0 aliphatic heterocycles. The summed E-state index contributed by atoms with van der Waals surface area (Å²) in [4.78, 5) is 26.9. The number of aliphatic hydroxyl groups is 2. The average Bonchev–Trinajstić information content (AvgIpc) is 3.10. The number of benzene rings is 1. The van der Waals surface area contributed by atoms with E-state index in [0.717, 1.165) is 16.5 Å². The quantitative estimate of drug-likeness (QED) is 0.292. The zero-order valence-electron chi connectivity index (χ0n) is 16.9. The molecule has 0 saturated heterocycles. The summed E-state index contributed by atoms with van der Waals surface area (Å²) in [6, 6.07) is 6.62. The minimum atomic E-state index is -1.07. The Labute approximate surface area is 170 Å². The number of rotatable bonds is 12. The first-order valence-electron chi connectivity index (χ1n) is 9.81. The maximum atomic E-state index is 12.2. The summed E-state index contributed by atoms with van der Waals surface area (Å²) in [6.45, 7) is 4.24. The van der Waals surface area contributed by atoms with E-state index in [9.17, 15) is 24.9 Å². The van der Waals surface area contributed by atoms with E-state index in [-0.39, 0.29) is 25.4 Å². The van der Waals surface area contributed by atoms with Gasteiger partial charge in [-0.15, -0.1) is 0 Å². The summed E-state index contributed by atoms with van der Waals surface area (Å²) >= 11 is 0. The van der Waals surface area contributed by atoms with Crippen molar-refractivity contribution in [3.8, 4) is 0 Å². The molecule has 0 fully saturated rings. The lowest BCUT2D eigenvalue weighted by Gasteiger charge is -2.28. The van der Waals surface area contributed by atoms with Gasteiger partial charge in [0.05, 0.1) is 12.7 Å². The van der Waals surface area contributed by atoms with Gasteiger partial charge in [-0.25, -0.2) is 4.79 Å². The van der Waals surface area contributed by atoms with Gasteiger partial charge in [-0.1, -0.05) is 32.0 Å². The van der Waals surface area contributed by atoms with Gasteiger partial charge in [0.25, 0.3) is 0 Å². The molecule has 1 heterocycles. The van der Waals surface area contributed by atoms with Crippen LogP contribution in [0.1, 0.15) is 32.3 Å². The van der Waals surface area contributed by atoms with Crippen LogP contribution >= 0.6 is 0 Å². The predicted octanol–water partition coefficient (Wildman–Crippen LogP) is 1.03. The molecule has 0 radical (unpaired) electrons. The van der Waals surface area contributed by atoms with Crippen molar-refractivity contribution in [3.63, 3.8) is 0 Å². The van der Waals surface area contributed by atoms with E-state index in [1.807, 2.05) is 24.3 Å². The Hall–Kier alpha value is -2.42. The van der Waals surface area contributed by atoms with Crippen LogP contribution in [-0.4, -0.2) is 64.0 Å². The lowest BCUT2D eigenvalue weighted by molar-refractivity contribution is -0.141. The molecule has 2 unspecified atom stereocenters. The second-order valence-electron chi connectivity index (χ2n) is 7.99. The third kappa shape index (κ3) is 6.56. The molecule has 29 heavy (non-hydrogen) atoms. The van der Waals surface area contributed by atoms with Crippen molar-refractivity contribution in [2.24, 2.45) is 5.41 Å². The number of para-hydroxylation sites is 1. The first-order valence-corrected chi connectivity index (χ1v) is 9.81. The van der Waals surface area contributed by atoms with Crippen molar-refractivity contribution in [1.29, 1.82) is 0 Å². The molecule has 0 aliphatic carbocycles. The summed E-state index contributed by atoms with van der Waals surface area (Å²) < 4.78 is 0. The normalized spacial score (nSPS) is 13.9. The van der Waals surface area contributed by atoms with Crippen LogP contribution in [0.2, 0.25) is 0 Å². The van der Waals surface area contributed by atoms with E-state index >= 15 is 0 Å². The van der Waals surface area contributed by atoms with Crippen molar-refractivity contribution >= 4 is 22.8 Å². The fourth-order valence-electron chi connectivity index (χ4n) is 2.98. The number of hydrogen-bond acceptors (Lipinski definition) is 5. The van der Waals surface area contributed by atoms with Crippen molar-refractivity contribution in [1.82, 2.24) is 15.6 Å². The Morgan fingerprint density at radius 2 is 1.97 bits per heavy atom. The van der Waals surface area contributed by atoms with Crippen molar-refractivity contribution in [2.75, 3.05) is 19.7 Å². The second-order valence-corrected chi connectivity index (χ2v) is 7.99. The van der Waals surface area contributed by atoms with E-state index in [1.54, 1.807) is 20.0 Å². The molecule has 2 rings (SSSR count). The highest BCUT2D eigenvalue weighted by molar-refractivity contribution is 5.86. The highest BCUT2D eigenvalue weighted by atomic mass is 16.4. The molecule has 0 spiro atoms. The number of aromatic amines is 1. The van der Waals surface area contributed by atoms with Crippen LogP contribution in [0, 0.1) is 5.41 Å². The lowest BCUT2D eigenvalue weighted by Crippen LogP contribution is -2.43. The molecule has 0 bridgehead atoms. The maximum Gasteiger partial charge on any atom is 0.326 e. The second kappa shape index (κ2) is 10.4. The van der Waals surface area contributed by atoms with Gasteiger partial charge < -0.3 is 30.9 Å². The number of fused-ring (bicyclic) bond motifs is 1. The van der Waals surface area contributed by atoms with Gasteiger partial charge in [-0.2, -0.15) is 0 Å². The van der Waals surface area contributed by atoms with Crippen molar-refractivity contribution in [2.45, 2.75) is 45.3 Å². The number of aromatic nitrogens is 1. The topological polar surface area (TPSA) is 135 Å². The first-order chi connectivity index (χ1) is 13.7. The molecule has 1 aromatic heterocycles. The van der Waals surface area contributed by atoms with E-state index in [2.05, 4.69) is 15.6 Å². The van der Waals surface area contributed by atoms with Gasteiger partial charge in [0.2, 0.25) is 5.91 Å². The van der Waals surface area contributed by atoms with Crippen LogP contribution in [0.3, 0.4) is 0 Å². The van der Waals surface area contributed by atoms with Gasteiger partial charge in [0.15, 0.2) is 0 Å². The molecular weight excluding hydrogens is 374 g/mol. The Bertz CT molecular complexity index is 818. The molecule has 8 nitrogen and oxygen atoms in total. The third-order valence-electron chi connectivity index (χ3n) is 5.14. The Morgan fingerprint density at radius 3 is 2.66 bits per heavy atom. The highest BCUT2D eigenvalue weighted by Crippen LogP contribution is 2.20. The number of hydrogen-bond donors (Lipinski definition) is 6. The van der Waals surface area contributed by atoms with Gasteiger partial charge in [-0.05, 0) is 24.6 Å². The van der Waals surface area contributed by atoms with E-state index in [4.69, 9.17) is 0 Å². The van der Waals surface area contributed by atoms with Crippen LogP contribution in [-0.2, 0) is 16.0 Å². The first kappa shape index (κ1) is 22.9. The smallest absolute Gasteiger partial charge is 0.326 e. The van der Waals surface area contributed by atoms with Crippen LogP contribution in [0.25, 0.3) is 10.9 Å². The minimum Gasteiger partial charge on any atom is -0.480 e. The van der Waals surface area contributed by atoms with Crippen LogP contribution in [0.4, 0.5) is 0 Å². The molecule has 160 valence electrons. The zero-order chi connectivity index (χ0) is 21.4. The molecule has 0 aliphatic rings. The van der Waals surface area contributed by atoms with Crippen molar-refractivity contribution in [3.05, 3.63) is 36.0 Å². The number of aliphatic hydroxyl groups excluding tert-OH is 2. The van der Waals surface area contributed by atoms with Crippen LogP contribution in [0.15, 0.2) is 30.5 Å². The van der Waals surface area contributed by atoms with Crippen molar-refractivity contribution < 1.29 is 24.9 Å². The summed E-state index contributed by atoms with van der Waals surface area (Å²) in [5.41, 5.74) is 1.17. The number of carboxylic acids is 1. The molecule has 1 aromatic carbocycles. The van der Waals surface area contributed by atoms with Gasteiger partial charge in [0.1, 0.15) is 6.04 Å². The third-order valence-corrected chi connectivity index (χ3v) is 5.14. The van der Waals surface area contributed by atoms with Gasteiger partial charge in [-0.3, -0.25) is 4.79 Å². The molecule has 2 atom stereocenters. The van der Waals surface area contributed by atoms with Crippen LogP contribution < -0.4 is 10.6 Å². The zero-order valence-corrected chi connectivity index (χ0v) is 16.9. The fourth-order valence-corrected chi connectivity index (χ4v) is 2.98. The number of nitrogens with one attached hydrogen (secondary N) is 3. The summed E-state index contributed by atoms with van der Waals surface area (Å²) in [7, 11) is 0. The van der Waals surface area contributed by atoms with Gasteiger partial charge in [0, 0.05) is 41.9 Å². The Balaban J connectivity index is 1.78. The van der Waals surface area contributed by atoms with E-state index < -0.39 is 23.5 Å². The Kier molecular flexibility index (Phi) is 8.19. The number of carbonyl (C=O) groups is 2. The maximum absolute atomic E-state index is 12.2. The highest BCUT2D eigenvalue weighted by Gasteiger charge is 2.26. The summed E-state index contributed by atoms with van der Waals surface area (Å²) in [5, 5.41) is 35.3. The monoisotopic (exact) mass is 405 g/mol. The van der Waals surface area contributed by atoms with E-state index in [0.29, 0.717) is 19.5 Å². The number of amides is 1. The standard InChI is InChI=1S/C21H31N3O5/c1-21(2,13-25)18(26)12-22-9-5-8-19(27)24-17(20(28)29)10-14-11-23-16-7-4-3-6-15(14)16/h3-4,6-7,11,17-18,22-23,25-26H,5,8-10,12-13H2,1-2H3,(H,24,27)(H,28,29). The number of aliphatic carboxylic acids is 1. The average molecular weight is 405 g/mol. The lowest BCUT2D eigenvalue weighted by atomic mass is 9.87. The minimum absolute atomic E-state index is 0.120. The molecule has 0 saturated carbocycles. The predicted molar refractivity (Wildman–Crippen MR) is 111 cm³/mol. The number of carboxylic acid groups (broad SMARTS) is 1. The van der Waals surface area contributed by atoms with Gasteiger partial charge >= 0.3 is 5.97 Å². The molecule has 8 heteroatoms. The number of H-pyrrole nitrogens is 1. The summed E-state index contributed by atoms with van der Waals surface area (Å²) in [6.07, 6.45) is 1.97. The molecular formula is C21H31N3O5. The van der Waals surface area contributed by atoms with Crippen LogP contribution in [0.5, 0.6) is 0 Å². The van der Waals surface area contributed by atoms with E-state index in [1.165, 1.54) is 0 Å². The summed E-state index contributed by atoms with van der Waals surface area (Å²) in [5.74, 6) is -1.40. The molecule has 1 amide bonds. The number of carbonyl (C=O) groups excluding carboxylic acids is 1. The Morgan fingerprint density at radius 1 is 1.24 bits per heavy atom. The largest absolute Gasteiger partial charge is 0.480 e. The SMILES string of the molecule is CC(C)(CO)C(O)CNCCCC(=O)NC(Cc1c[nH]c2ccccc12)C(=O)O. The molecule has 2 aromatic rings. The fraction of sp³-hybridized carbons (Fsp3) is 0.524. The molecule has 6 N–H and O–H groups in total.